The van der Waals surface area contributed by atoms with Crippen LogP contribution in [-0.2, 0) is 0 Å². The Kier molecular flexibility index (Phi) is 9.78. The smallest absolute Gasteiger partial charge is 0.336 e. The van der Waals surface area contributed by atoms with Gasteiger partial charge in [0, 0.05) is 0 Å². The van der Waals surface area contributed by atoms with Crippen LogP contribution in [0, 0.1) is 44.9 Å². The second-order valence-corrected chi connectivity index (χ2v) is 3.19. The van der Waals surface area contributed by atoms with Crippen molar-refractivity contribution in [2.45, 2.75) is 20.8 Å². The van der Waals surface area contributed by atoms with Crippen molar-refractivity contribution in [1.29, 1.82) is 21.0 Å². The molecule has 0 saturated heterocycles. The Morgan fingerprint density at radius 2 is 1.00 bits per heavy atom. The highest BCUT2D eigenvalue weighted by Crippen LogP contribution is 1.92. The predicted octanol–water partition coefficient (Wildman–Crippen LogP) is -0.383. The summed E-state index contributed by atoms with van der Waals surface area (Å²) < 4.78 is 0. The topological polar surface area (TPSA) is 99.6 Å². The highest BCUT2D eigenvalue weighted by molar-refractivity contribution is 7.05. The lowest BCUT2D eigenvalue weighted by Gasteiger charge is -2.10. The summed E-state index contributed by atoms with van der Waals surface area (Å²) in [6.07, 6.45) is -2.72. The van der Waals surface area contributed by atoms with E-state index in [9.17, 15) is 0 Å². The molecule has 0 aliphatic heterocycles. The quantitative estimate of drug-likeness (QED) is 0.651. The molecule has 0 heterocycles. The molecule has 0 fully saturated rings. The lowest BCUT2D eigenvalue weighted by Crippen LogP contribution is -3.11. The van der Waals surface area contributed by atoms with Gasteiger partial charge in [-0.2, -0.15) is 0 Å². The van der Waals surface area contributed by atoms with Crippen molar-refractivity contribution >= 4 is 6.15 Å². The van der Waals surface area contributed by atoms with Gasteiger partial charge in [0.1, 0.15) is 0 Å². The Morgan fingerprint density at radius 3 is 1.00 bits per heavy atom. The summed E-state index contributed by atoms with van der Waals surface area (Å²) in [5.41, 5.74) is 0. The van der Waals surface area contributed by atoms with Crippen LogP contribution in [0.15, 0.2) is 0 Å². The van der Waals surface area contributed by atoms with Gasteiger partial charge in [0.25, 0.3) is 0 Å². The Labute approximate surface area is 97.0 Å². The molecule has 0 aromatic carbocycles. The molecule has 84 valence electrons. The van der Waals surface area contributed by atoms with Gasteiger partial charge in [0.2, 0.25) is 0 Å². The van der Waals surface area contributed by atoms with Crippen molar-refractivity contribution in [2.24, 2.45) is 0 Å². The molecule has 0 amide bonds. The molecule has 5 nitrogen and oxygen atoms in total. The maximum absolute atomic E-state index is 8.09. The van der Waals surface area contributed by atoms with Crippen LogP contribution >= 0.6 is 0 Å². The Bertz CT molecular complexity index is 280. The lowest BCUT2D eigenvalue weighted by molar-refractivity contribution is -0.894. The second-order valence-electron chi connectivity index (χ2n) is 3.19. The molecule has 0 unspecified atom stereocenters. The fourth-order valence-electron chi connectivity index (χ4n) is 0.923. The molecule has 16 heavy (non-hydrogen) atoms. The molecule has 0 spiro atoms. The fraction of sp³-hybridized carbons (Fsp3) is 0.600. The van der Waals surface area contributed by atoms with Crippen LogP contribution in [0.25, 0.3) is 0 Å². The second kappa shape index (κ2) is 9.54. The molecule has 0 aliphatic carbocycles. The summed E-state index contributed by atoms with van der Waals surface area (Å²) in [7, 11) is 0. The fourth-order valence-corrected chi connectivity index (χ4v) is 0.923. The first-order chi connectivity index (χ1) is 7.59. The van der Waals surface area contributed by atoms with Crippen molar-refractivity contribution in [3.63, 3.8) is 0 Å². The van der Waals surface area contributed by atoms with Crippen LogP contribution in [0.5, 0.6) is 0 Å². The molecule has 0 aromatic heterocycles. The van der Waals surface area contributed by atoms with Gasteiger partial charge in [0.05, 0.1) is 19.6 Å². The third kappa shape index (κ3) is 5.66. The normalized spacial score (nSPS) is 8.75. The van der Waals surface area contributed by atoms with Crippen molar-refractivity contribution in [3.05, 3.63) is 0 Å². The maximum Gasteiger partial charge on any atom is 0.383 e. The van der Waals surface area contributed by atoms with E-state index < -0.39 is 6.15 Å². The molecule has 0 atom stereocenters. The molecule has 0 rings (SSSR count). The molecule has 0 aromatic rings. The minimum absolute atomic E-state index is 1.27. The van der Waals surface area contributed by atoms with E-state index >= 15 is 0 Å². The van der Waals surface area contributed by atoms with E-state index in [1.807, 2.05) is 0 Å². The van der Waals surface area contributed by atoms with E-state index in [1.165, 1.54) is 43.5 Å². The number of quaternary nitrogens is 1. The third-order valence-corrected chi connectivity index (χ3v) is 2.27. The summed E-state index contributed by atoms with van der Waals surface area (Å²) in [4.78, 5) is 1.68. The van der Waals surface area contributed by atoms with Gasteiger partial charge in [-0.15, -0.1) is 23.9 Å². The van der Waals surface area contributed by atoms with Gasteiger partial charge >= 0.3 is 6.15 Å². The predicted molar refractivity (Wildman–Crippen MR) is 60.8 cm³/mol. The zero-order valence-corrected chi connectivity index (χ0v) is 9.99. The zero-order valence-electron chi connectivity index (χ0n) is 9.99. The molecule has 0 aliphatic rings. The van der Waals surface area contributed by atoms with Crippen molar-refractivity contribution in [3.8, 4) is 23.9 Å². The zero-order chi connectivity index (χ0) is 13.0. The summed E-state index contributed by atoms with van der Waals surface area (Å²) >= 11 is 0. The van der Waals surface area contributed by atoms with E-state index in [2.05, 4.69) is 20.8 Å². The van der Waals surface area contributed by atoms with Crippen molar-refractivity contribution < 1.29 is 4.90 Å². The van der Waals surface area contributed by atoms with Crippen LogP contribution in [0.3, 0.4) is 0 Å². The first-order valence-electron chi connectivity index (χ1n) is 5.23. The van der Waals surface area contributed by atoms with Gasteiger partial charge in [-0.1, -0.05) is 0 Å². The minimum atomic E-state index is -2.72. The molecule has 1 N–H and O–H groups in total. The van der Waals surface area contributed by atoms with E-state index in [4.69, 9.17) is 21.0 Å². The number of hydrogen-bond donors (Lipinski definition) is 1. The Balaban J connectivity index is 0. The number of nitriles is 4. The summed E-state index contributed by atoms with van der Waals surface area (Å²) in [6, 6.07) is 0. The minimum Gasteiger partial charge on any atom is -0.336 e. The maximum atomic E-state index is 8.09. The van der Waals surface area contributed by atoms with Crippen molar-refractivity contribution in [2.75, 3.05) is 19.6 Å². The molecule has 0 bridgehead atoms. The van der Waals surface area contributed by atoms with Crippen LogP contribution in [0.2, 0.25) is 0 Å². The van der Waals surface area contributed by atoms with Crippen LogP contribution in [0.1, 0.15) is 20.8 Å². The highest BCUT2D eigenvalue weighted by atomic mass is 15.1. The first-order valence-corrected chi connectivity index (χ1v) is 5.23. The van der Waals surface area contributed by atoms with Gasteiger partial charge in [-0.05, 0) is 20.8 Å². The van der Waals surface area contributed by atoms with E-state index in [0.717, 1.165) is 0 Å². The summed E-state index contributed by atoms with van der Waals surface area (Å²) in [5.74, 6) is 5.38. The van der Waals surface area contributed by atoms with Crippen LogP contribution in [0.4, 0.5) is 0 Å². The summed E-state index contributed by atoms with van der Waals surface area (Å²) in [6.45, 7) is 10.5. The number of nitrogens with one attached hydrogen (secondary N) is 1. The molecular formula is C10H16BN5. The average Bonchev–Trinajstić information content (AvgIpc) is 2.36. The van der Waals surface area contributed by atoms with E-state index in [1.54, 1.807) is 4.90 Å². The van der Waals surface area contributed by atoms with E-state index in [0.29, 0.717) is 0 Å². The SMILES string of the molecule is CC[NH+](CC)CC.N#C[B-](C#N)(C#N)C#N. The average molecular weight is 217 g/mol. The van der Waals surface area contributed by atoms with Crippen LogP contribution in [-0.4, -0.2) is 25.8 Å². The highest BCUT2D eigenvalue weighted by Gasteiger charge is 2.22. The number of rotatable bonds is 3. The van der Waals surface area contributed by atoms with Gasteiger partial charge in [0.15, 0.2) is 0 Å². The Morgan fingerprint density at radius 1 is 0.750 bits per heavy atom. The van der Waals surface area contributed by atoms with Gasteiger partial charge in [-0.3, -0.25) is 0 Å². The van der Waals surface area contributed by atoms with Crippen LogP contribution < -0.4 is 4.90 Å². The van der Waals surface area contributed by atoms with Crippen molar-refractivity contribution in [1.82, 2.24) is 0 Å². The van der Waals surface area contributed by atoms with E-state index in [-0.39, 0.29) is 0 Å². The number of nitrogens with zero attached hydrogens (tertiary/aromatic N) is 4. The Hall–Kier alpha value is -2.02. The summed E-state index contributed by atoms with van der Waals surface area (Å²) in [5, 5.41) is 32.3. The first kappa shape index (κ1) is 16.4. The van der Waals surface area contributed by atoms with Gasteiger partial charge < -0.3 is 4.90 Å². The molecule has 0 saturated carbocycles. The largest absolute Gasteiger partial charge is 0.383 e. The molecular weight excluding hydrogens is 201 g/mol. The third-order valence-electron chi connectivity index (χ3n) is 2.27. The monoisotopic (exact) mass is 217 g/mol. The number of hydrogen-bond acceptors (Lipinski definition) is 4. The standard InChI is InChI=1S/C6H15N.C4BN4/c1-4-7(5-2)6-3;6-1-5(2-7,3-8)4-9/h4-6H2,1-3H3;/q;-1/p+1. The lowest BCUT2D eigenvalue weighted by atomic mass is 9.30. The van der Waals surface area contributed by atoms with Gasteiger partial charge in [-0.25, -0.2) is 21.0 Å². The molecule has 6 heteroatoms. The molecule has 0 radical (unpaired) electrons.